The van der Waals surface area contributed by atoms with Crippen molar-refractivity contribution in [1.82, 2.24) is 0 Å². The molecule has 0 aromatic heterocycles. The fourth-order valence-corrected chi connectivity index (χ4v) is 1.54. The Balaban J connectivity index is 2.32. The molecule has 0 aromatic rings. The van der Waals surface area contributed by atoms with Gasteiger partial charge >= 0.3 is 0 Å². The molecule has 2 heteroatoms. The lowest BCUT2D eigenvalue weighted by Gasteiger charge is -2.22. The average molecular weight is 184 g/mol. The van der Waals surface area contributed by atoms with Crippen molar-refractivity contribution in [3.05, 3.63) is 11.6 Å². The molecule has 1 heterocycles. The quantitative estimate of drug-likeness (QED) is 0.628. The van der Waals surface area contributed by atoms with Gasteiger partial charge in [0.1, 0.15) is 0 Å². The van der Waals surface area contributed by atoms with E-state index in [-0.39, 0.29) is 11.9 Å². The molecule has 1 fully saturated rings. The Labute approximate surface area is 80.9 Å². The van der Waals surface area contributed by atoms with E-state index in [1.807, 2.05) is 13.8 Å². The lowest BCUT2D eigenvalue weighted by molar-refractivity contribution is -0.155. The zero-order valence-electron chi connectivity index (χ0n) is 9.09. The molecule has 0 saturated carbocycles. The Kier molecular flexibility index (Phi) is 3.51. The van der Waals surface area contributed by atoms with Gasteiger partial charge in [0, 0.05) is 6.42 Å². The molecule has 0 spiro atoms. The van der Waals surface area contributed by atoms with E-state index < -0.39 is 0 Å². The Morgan fingerprint density at radius 3 is 2.69 bits per heavy atom. The van der Waals surface area contributed by atoms with Gasteiger partial charge in [0.15, 0.2) is 5.79 Å². The lowest BCUT2D eigenvalue weighted by atomic mass is 10.1. The van der Waals surface area contributed by atoms with Crippen LogP contribution < -0.4 is 0 Å². The van der Waals surface area contributed by atoms with E-state index >= 15 is 0 Å². The van der Waals surface area contributed by atoms with Crippen LogP contribution in [0.25, 0.3) is 0 Å². The largest absolute Gasteiger partial charge is 0.348 e. The normalized spacial score (nSPS) is 33.4. The summed E-state index contributed by atoms with van der Waals surface area (Å²) in [6, 6.07) is 0. The molecular formula is C11H20O2. The van der Waals surface area contributed by atoms with Crippen molar-refractivity contribution in [1.29, 1.82) is 0 Å². The summed E-state index contributed by atoms with van der Waals surface area (Å²) in [7, 11) is 0. The van der Waals surface area contributed by atoms with Crippen LogP contribution >= 0.6 is 0 Å². The van der Waals surface area contributed by atoms with Crippen LogP contribution in [0.4, 0.5) is 0 Å². The second-order valence-electron chi connectivity index (χ2n) is 4.19. The number of hydrogen-bond donors (Lipinski definition) is 0. The summed E-state index contributed by atoms with van der Waals surface area (Å²) in [5.74, 6) is -0.342. The van der Waals surface area contributed by atoms with Gasteiger partial charge in [0.05, 0.1) is 12.7 Å². The van der Waals surface area contributed by atoms with Crippen LogP contribution in [0.15, 0.2) is 11.6 Å². The van der Waals surface area contributed by atoms with Gasteiger partial charge in [0.25, 0.3) is 0 Å². The number of rotatable bonds is 3. The molecule has 2 atom stereocenters. The van der Waals surface area contributed by atoms with E-state index in [0.717, 1.165) is 19.4 Å². The molecule has 13 heavy (non-hydrogen) atoms. The summed E-state index contributed by atoms with van der Waals surface area (Å²) in [6.45, 7) is 9.02. The summed E-state index contributed by atoms with van der Waals surface area (Å²) in [5.41, 5.74) is 1.36. The standard InChI is InChI=1S/C11H20O2/c1-9(2)6-5-7-11(4)12-8-10(3)13-11/h6,10H,5,7-8H2,1-4H3. The summed E-state index contributed by atoms with van der Waals surface area (Å²) in [4.78, 5) is 0. The molecule has 2 unspecified atom stereocenters. The summed E-state index contributed by atoms with van der Waals surface area (Å²) in [6.07, 6.45) is 4.45. The van der Waals surface area contributed by atoms with E-state index in [9.17, 15) is 0 Å². The first-order valence-corrected chi connectivity index (χ1v) is 4.97. The van der Waals surface area contributed by atoms with Crippen LogP contribution in [0.1, 0.15) is 40.5 Å². The third-order valence-corrected chi connectivity index (χ3v) is 2.22. The minimum absolute atomic E-state index is 0.247. The van der Waals surface area contributed by atoms with E-state index in [1.54, 1.807) is 0 Å². The van der Waals surface area contributed by atoms with Gasteiger partial charge in [-0.25, -0.2) is 0 Å². The smallest absolute Gasteiger partial charge is 0.166 e. The second kappa shape index (κ2) is 4.25. The highest BCUT2D eigenvalue weighted by Crippen LogP contribution is 2.27. The minimum atomic E-state index is -0.342. The van der Waals surface area contributed by atoms with Crippen molar-refractivity contribution in [3.63, 3.8) is 0 Å². The Morgan fingerprint density at radius 2 is 2.23 bits per heavy atom. The van der Waals surface area contributed by atoms with Crippen molar-refractivity contribution in [2.75, 3.05) is 6.61 Å². The van der Waals surface area contributed by atoms with Crippen LogP contribution in [0.5, 0.6) is 0 Å². The molecule has 1 saturated heterocycles. The molecule has 0 aliphatic carbocycles. The van der Waals surface area contributed by atoms with Gasteiger partial charge in [-0.05, 0) is 34.1 Å². The van der Waals surface area contributed by atoms with Crippen LogP contribution in [-0.2, 0) is 9.47 Å². The highest BCUT2D eigenvalue weighted by molar-refractivity contribution is 4.93. The van der Waals surface area contributed by atoms with Gasteiger partial charge in [-0.1, -0.05) is 11.6 Å². The monoisotopic (exact) mass is 184 g/mol. The van der Waals surface area contributed by atoms with Gasteiger partial charge < -0.3 is 9.47 Å². The Hall–Kier alpha value is -0.340. The first-order valence-electron chi connectivity index (χ1n) is 4.97. The second-order valence-corrected chi connectivity index (χ2v) is 4.19. The summed E-state index contributed by atoms with van der Waals surface area (Å²) in [5, 5.41) is 0. The average Bonchev–Trinajstić information content (AvgIpc) is 2.30. The highest BCUT2D eigenvalue weighted by atomic mass is 16.7. The molecule has 0 N–H and O–H groups in total. The molecule has 1 aliphatic heterocycles. The molecule has 1 rings (SSSR count). The predicted molar refractivity (Wildman–Crippen MR) is 53.6 cm³/mol. The van der Waals surface area contributed by atoms with Crippen molar-refractivity contribution < 1.29 is 9.47 Å². The first kappa shape index (κ1) is 10.7. The van der Waals surface area contributed by atoms with Gasteiger partial charge in [0.2, 0.25) is 0 Å². The molecule has 0 radical (unpaired) electrons. The molecule has 76 valence electrons. The third-order valence-electron chi connectivity index (χ3n) is 2.22. The van der Waals surface area contributed by atoms with Gasteiger partial charge in [-0.15, -0.1) is 0 Å². The van der Waals surface area contributed by atoms with E-state index in [4.69, 9.17) is 9.47 Å². The summed E-state index contributed by atoms with van der Waals surface area (Å²) < 4.78 is 11.3. The Bertz CT molecular complexity index is 194. The molecule has 0 amide bonds. The fourth-order valence-electron chi connectivity index (χ4n) is 1.54. The highest BCUT2D eigenvalue weighted by Gasteiger charge is 2.33. The summed E-state index contributed by atoms with van der Waals surface area (Å²) >= 11 is 0. The van der Waals surface area contributed by atoms with E-state index in [0.29, 0.717) is 0 Å². The number of ether oxygens (including phenoxy) is 2. The SMILES string of the molecule is CC(C)=CCCC1(C)OCC(C)O1. The number of hydrogen-bond acceptors (Lipinski definition) is 2. The first-order chi connectivity index (χ1) is 6.02. The number of allylic oxidation sites excluding steroid dienone is 2. The maximum Gasteiger partial charge on any atom is 0.166 e. The van der Waals surface area contributed by atoms with Gasteiger partial charge in [-0.2, -0.15) is 0 Å². The zero-order chi connectivity index (χ0) is 9.90. The predicted octanol–water partition coefficient (Wildman–Crippen LogP) is 2.88. The van der Waals surface area contributed by atoms with Crippen molar-refractivity contribution in [2.45, 2.75) is 52.4 Å². The molecular weight excluding hydrogens is 164 g/mol. The van der Waals surface area contributed by atoms with E-state index in [2.05, 4.69) is 19.9 Å². The van der Waals surface area contributed by atoms with Crippen LogP contribution in [0.3, 0.4) is 0 Å². The van der Waals surface area contributed by atoms with Crippen molar-refractivity contribution in [2.24, 2.45) is 0 Å². The van der Waals surface area contributed by atoms with Crippen LogP contribution in [0, 0.1) is 0 Å². The molecule has 0 aromatic carbocycles. The minimum Gasteiger partial charge on any atom is -0.348 e. The lowest BCUT2D eigenvalue weighted by Crippen LogP contribution is -2.25. The zero-order valence-corrected chi connectivity index (χ0v) is 9.09. The third kappa shape index (κ3) is 3.49. The molecule has 0 bridgehead atoms. The van der Waals surface area contributed by atoms with Crippen molar-refractivity contribution >= 4 is 0 Å². The van der Waals surface area contributed by atoms with Crippen LogP contribution in [0.2, 0.25) is 0 Å². The van der Waals surface area contributed by atoms with Crippen molar-refractivity contribution in [3.8, 4) is 0 Å². The van der Waals surface area contributed by atoms with E-state index in [1.165, 1.54) is 5.57 Å². The maximum absolute atomic E-state index is 5.68. The molecule has 1 aliphatic rings. The fraction of sp³-hybridized carbons (Fsp3) is 0.818. The van der Waals surface area contributed by atoms with Crippen LogP contribution in [-0.4, -0.2) is 18.5 Å². The Morgan fingerprint density at radius 1 is 1.54 bits per heavy atom. The topological polar surface area (TPSA) is 18.5 Å². The van der Waals surface area contributed by atoms with Gasteiger partial charge in [-0.3, -0.25) is 0 Å². The molecule has 2 nitrogen and oxygen atoms in total. The maximum atomic E-state index is 5.68.